The highest BCUT2D eigenvalue weighted by Crippen LogP contribution is 2.37. The minimum atomic E-state index is 0.405. The van der Waals surface area contributed by atoms with Crippen LogP contribution in [0, 0.1) is 0 Å². The molecule has 1 unspecified atom stereocenters. The second-order valence-electron chi connectivity index (χ2n) is 6.73. The lowest BCUT2D eigenvalue weighted by Gasteiger charge is -2.24. The molecule has 3 heteroatoms. The van der Waals surface area contributed by atoms with Crippen molar-refractivity contribution in [3.63, 3.8) is 0 Å². The van der Waals surface area contributed by atoms with E-state index < -0.39 is 0 Å². The van der Waals surface area contributed by atoms with Crippen LogP contribution in [0.1, 0.15) is 102 Å². The standard InChI is InChI=1S/C17H31N3/c1-5-9-13(4)15-16(18)20(12(2)3)17(19-15)14-10-7-6-8-11-14/h12-14H,5-11,18H2,1-4H3. The Kier molecular flexibility index (Phi) is 5.11. The highest BCUT2D eigenvalue weighted by Gasteiger charge is 2.26. The predicted octanol–water partition coefficient (Wildman–Crippen LogP) is 5.00. The number of nitrogens with two attached hydrogens (primary N) is 1. The maximum atomic E-state index is 6.44. The molecule has 1 saturated carbocycles. The van der Waals surface area contributed by atoms with Crippen LogP contribution in [0.3, 0.4) is 0 Å². The molecule has 0 aliphatic heterocycles. The van der Waals surface area contributed by atoms with Gasteiger partial charge in [0, 0.05) is 17.9 Å². The lowest BCUT2D eigenvalue weighted by atomic mass is 9.88. The fourth-order valence-electron chi connectivity index (χ4n) is 3.61. The topological polar surface area (TPSA) is 43.8 Å². The van der Waals surface area contributed by atoms with Gasteiger partial charge in [0.25, 0.3) is 0 Å². The van der Waals surface area contributed by atoms with Gasteiger partial charge in [0.15, 0.2) is 0 Å². The first-order chi connectivity index (χ1) is 9.56. The van der Waals surface area contributed by atoms with Crippen molar-refractivity contribution in [3.05, 3.63) is 11.5 Å². The number of anilines is 1. The molecule has 1 aromatic rings. The van der Waals surface area contributed by atoms with Crippen molar-refractivity contribution in [3.8, 4) is 0 Å². The summed E-state index contributed by atoms with van der Waals surface area (Å²) in [6, 6.07) is 0.405. The molecule has 2 N–H and O–H groups in total. The fourth-order valence-corrected chi connectivity index (χ4v) is 3.61. The third kappa shape index (κ3) is 3.02. The maximum absolute atomic E-state index is 6.44. The third-order valence-electron chi connectivity index (χ3n) is 4.68. The first kappa shape index (κ1) is 15.4. The SMILES string of the molecule is CCCC(C)c1nc(C2CCCCC2)n(C(C)C)c1N. The average molecular weight is 277 g/mol. The lowest BCUT2D eigenvalue weighted by molar-refractivity contribution is 0.407. The van der Waals surface area contributed by atoms with Gasteiger partial charge in [-0.15, -0.1) is 0 Å². The molecular weight excluding hydrogens is 246 g/mol. The molecule has 0 radical (unpaired) electrons. The molecule has 0 saturated heterocycles. The minimum absolute atomic E-state index is 0.405. The summed E-state index contributed by atoms with van der Waals surface area (Å²) >= 11 is 0. The van der Waals surface area contributed by atoms with Gasteiger partial charge in [-0.25, -0.2) is 4.98 Å². The number of hydrogen-bond acceptors (Lipinski definition) is 2. The molecule has 1 aliphatic rings. The molecule has 20 heavy (non-hydrogen) atoms. The second kappa shape index (κ2) is 6.64. The molecule has 1 fully saturated rings. The average Bonchev–Trinajstić information content (AvgIpc) is 2.78. The summed E-state index contributed by atoms with van der Waals surface area (Å²) < 4.78 is 2.30. The summed E-state index contributed by atoms with van der Waals surface area (Å²) in [6.07, 6.45) is 8.99. The monoisotopic (exact) mass is 277 g/mol. The van der Waals surface area contributed by atoms with Crippen molar-refractivity contribution in [1.29, 1.82) is 0 Å². The van der Waals surface area contributed by atoms with E-state index in [0.29, 0.717) is 17.9 Å². The van der Waals surface area contributed by atoms with Gasteiger partial charge in [0.2, 0.25) is 0 Å². The van der Waals surface area contributed by atoms with E-state index in [2.05, 4.69) is 32.3 Å². The summed E-state index contributed by atoms with van der Waals surface area (Å²) in [6.45, 7) is 8.93. The third-order valence-corrected chi connectivity index (χ3v) is 4.68. The normalized spacial score (nSPS) is 18.6. The van der Waals surface area contributed by atoms with E-state index in [9.17, 15) is 0 Å². The van der Waals surface area contributed by atoms with E-state index in [-0.39, 0.29) is 0 Å². The Hall–Kier alpha value is -0.990. The molecule has 0 amide bonds. The largest absolute Gasteiger partial charge is 0.384 e. The van der Waals surface area contributed by atoms with Crippen LogP contribution in [0.15, 0.2) is 0 Å². The Balaban J connectivity index is 2.36. The molecule has 1 atom stereocenters. The first-order valence-electron chi connectivity index (χ1n) is 8.43. The molecule has 114 valence electrons. The molecule has 1 aliphatic carbocycles. The molecule has 0 aromatic carbocycles. The minimum Gasteiger partial charge on any atom is -0.384 e. The van der Waals surface area contributed by atoms with Gasteiger partial charge in [-0.05, 0) is 33.1 Å². The van der Waals surface area contributed by atoms with Crippen LogP contribution in [0.5, 0.6) is 0 Å². The predicted molar refractivity (Wildman–Crippen MR) is 86.2 cm³/mol. The number of imidazole rings is 1. The number of aromatic nitrogens is 2. The van der Waals surface area contributed by atoms with E-state index >= 15 is 0 Å². The summed E-state index contributed by atoms with van der Waals surface area (Å²) in [4.78, 5) is 5.01. The lowest BCUT2D eigenvalue weighted by Crippen LogP contribution is -2.15. The van der Waals surface area contributed by atoms with Crippen LogP contribution < -0.4 is 5.73 Å². The zero-order valence-electron chi connectivity index (χ0n) is 13.7. The van der Waals surface area contributed by atoms with Crippen LogP contribution in [-0.4, -0.2) is 9.55 Å². The highest BCUT2D eigenvalue weighted by molar-refractivity contribution is 5.41. The molecule has 1 aromatic heterocycles. The van der Waals surface area contributed by atoms with E-state index in [4.69, 9.17) is 10.7 Å². The van der Waals surface area contributed by atoms with E-state index in [0.717, 1.165) is 11.5 Å². The molecule has 1 heterocycles. The smallest absolute Gasteiger partial charge is 0.127 e. The van der Waals surface area contributed by atoms with Gasteiger partial charge in [0.1, 0.15) is 11.6 Å². The molecule has 0 bridgehead atoms. The second-order valence-corrected chi connectivity index (χ2v) is 6.73. The van der Waals surface area contributed by atoms with Gasteiger partial charge in [-0.2, -0.15) is 0 Å². The number of nitrogen functional groups attached to an aromatic ring is 1. The fraction of sp³-hybridized carbons (Fsp3) is 0.824. The van der Waals surface area contributed by atoms with E-state index in [1.54, 1.807) is 0 Å². The van der Waals surface area contributed by atoms with Gasteiger partial charge < -0.3 is 10.3 Å². The number of hydrogen-bond donors (Lipinski definition) is 1. The van der Waals surface area contributed by atoms with E-state index in [1.165, 1.54) is 50.8 Å². The van der Waals surface area contributed by atoms with Gasteiger partial charge in [-0.3, -0.25) is 0 Å². The van der Waals surface area contributed by atoms with Crippen LogP contribution in [-0.2, 0) is 0 Å². The van der Waals surface area contributed by atoms with Crippen molar-refractivity contribution in [2.45, 2.75) is 90.5 Å². The summed E-state index contributed by atoms with van der Waals surface area (Å²) in [5.41, 5.74) is 7.58. The van der Waals surface area contributed by atoms with Gasteiger partial charge in [-0.1, -0.05) is 39.5 Å². The Morgan fingerprint density at radius 3 is 2.40 bits per heavy atom. The molecule has 0 spiro atoms. The van der Waals surface area contributed by atoms with Crippen molar-refractivity contribution in [2.75, 3.05) is 5.73 Å². The summed E-state index contributed by atoms with van der Waals surface area (Å²) in [5, 5.41) is 0. The van der Waals surface area contributed by atoms with Gasteiger partial charge in [0.05, 0.1) is 5.69 Å². The zero-order valence-corrected chi connectivity index (χ0v) is 13.7. The van der Waals surface area contributed by atoms with Crippen molar-refractivity contribution in [1.82, 2.24) is 9.55 Å². The maximum Gasteiger partial charge on any atom is 0.127 e. The quantitative estimate of drug-likeness (QED) is 0.823. The number of rotatable bonds is 5. The summed E-state index contributed by atoms with van der Waals surface area (Å²) in [5.74, 6) is 3.27. The Bertz CT molecular complexity index is 428. The molecular formula is C17H31N3. The van der Waals surface area contributed by atoms with Crippen molar-refractivity contribution < 1.29 is 0 Å². The Labute approximate surface area is 124 Å². The Morgan fingerprint density at radius 1 is 1.20 bits per heavy atom. The van der Waals surface area contributed by atoms with Crippen molar-refractivity contribution in [2.24, 2.45) is 0 Å². The molecule has 2 rings (SSSR count). The van der Waals surface area contributed by atoms with Crippen LogP contribution in [0.25, 0.3) is 0 Å². The molecule has 3 nitrogen and oxygen atoms in total. The van der Waals surface area contributed by atoms with Crippen molar-refractivity contribution >= 4 is 5.82 Å². The van der Waals surface area contributed by atoms with Gasteiger partial charge >= 0.3 is 0 Å². The summed E-state index contributed by atoms with van der Waals surface area (Å²) in [7, 11) is 0. The highest BCUT2D eigenvalue weighted by atomic mass is 15.2. The van der Waals surface area contributed by atoms with E-state index in [1.807, 2.05) is 0 Å². The first-order valence-corrected chi connectivity index (χ1v) is 8.43. The zero-order chi connectivity index (χ0) is 14.7. The van der Waals surface area contributed by atoms with Crippen LogP contribution in [0.4, 0.5) is 5.82 Å². The van der Waals surface area contributed by atoms with Crippen LogP contribution in [0.2, 0.25) is 0 Å². The van der Waals surface area contributed by atoms with Crippen LogP contribution >= 0.6 is 0 Å². The Morgan fingerprint density at radius 2 is 1.85 bits per heavy atom. The number of nitrogens with zero attached hydrogens (tertiary/aromatic N) is 2.